The molecule has 0 radical (unpaired) electrons. The van der Waals surface area contributed by atoms with Gasteiger partial charge in [-0.2, -0.15) is 5.10 Å². The molecule has 42 heavy (non-hydrogen) atoms. The van der Waals surface area contributed by atoms with Crippen LogP contribution in [0.5, 0.6) is 11.5 Å². The van der Waals surface area contributed by atoms with E-state index in [2.05, 4.69) is 132 Å². The van der Waals surface area contributed by atoms with Gasteiger partial charge in [-0.25, -0.2) is 4.98 Å². The Morgan fingerprint density at radius 2 is 1.14 bits per heavy atom. The molecule has 0 bridgehead atoms. The highest BCUT2D eigenvalue weighted by Crippen LogP contribution is 2.28. The lowest BCUT2D eigenvalue weighted by molar-refractivity contribution is 0.340. The van der Waals surface area contributed by atoms with Crippen LogP contribution in [-0.2, 0) is 6.17 Å². The Bertz CT molecular complexity index is 1440. The molecule has 0 N–H and O–H groups in total. The van der Waals surface area contributed by atoms with Crippen molar-refractivity contribution < 1.29 is 9.47 Å². The summed E-state index contributed by atoms with van der Waals surface area (Å²) in [5, 5.41) is 10.2. The van der Waals surface area contributed by atoms with Gasteiger partial charge in [0.2, 0.25) is 0 Å². The highest BCUT2D eigenvalue weighted by molar-refractivity contribution is 7.17. The van der Waals surface area contributed by atoms with E-state index in [0.717, 1.165) is 29.4 Å². The number of nitrogens with zero attached hydrogens (tertiary/aromatic N) is 3. The SMILES string of the molecule is C=CC[Si](C[Si](Cn1cncn1)(c1ccccc1)c1ccccc1)(c1ccc(OCC)cc1)c1ccc(OCC)cc1. The van der Waals surface area contributed by atoms with Gasteiger partial charge >= 0.3 is 0 Å². The highest BCUT2D eigenvalue weighted by atomic mass is 28.4. The van der Waals surface area contributed by atoms with E-state index in [4.69, 9.17) is 9.47 Å². The zero-order chi connectivity index (χ0) is 29.3. The molecule has 1 aromatic heterocycles. The number of rotatable bonds is 14. The summed E-state index contributed by atoms with van der Waals surface area (Å²) in [5.74, 6) is 1.79. The molecular formula is C35H39N3O2Si2. The van der Waals surface area contributed by atoms with E-state index in [1.54, 1.807) is 6.33 Å². The Labute approximate surface area is 251 Å². The van der Waals surface area contributed by atoms with Gasteiger partial charge in [0.05, 0.1) is 13.2 Å². The van der Waals surface area contributed by atoms with Crippen molar-refractivity contribution in [2.45, 2.75) is 31.7 Å². The zero-order valence-corrected chi connectivity index (χ0v) is 26.5. The Morgan fingerprint density at radius 3 is 1.55 bits per heavy atom. The standard InChI is InChI=1S/C35H39N3O2Si2/c1-4-25-41(34-21-17-30(18-22-34)39-5-2,35-23-19-31(20-24-35)40-6-3)29-42(28-38-27-36-26-37-38,32-13-9-7-10-14-32)33-15-11-8-12-16-33/h4,7-24,26-27H,1,5-6,25,28-29H2,2-3H3. The summed E-state index contributed by atoms with van der Waals surface area (Å²) in [6.45, 7) is 9.64. The van der Waals surface area contributed by atoms with Gasteiger partial charge in [0.1, 0.15) is 40.3 Å². The van der Waals surface area contributed by atoms with Gasteiger partial charge in [0.25, 0.3) is 0 Å². The molecule has 5 nitrogen and oxygen atoms in total. The number of aromatic nitrogens is 3. The number of allylic oxidation sites excluding steroid dienone is 1. The molecule has 1 heterocycles. The summed E-state index contributed by atoms with van der Waals surface area (Å²) >= 11 is 0. The third-order valence-corrected chi connectivity index (χ3v) is 20.5. The van der Waals surface area contributed by atoms with Crippen LogP contribution in [0.25, 0.3) is 0 Å². The molecule has 0 aliphatic heterocycles. The van der Waals surface area contributed by atoms with E-state index in [0.29, 0.717) is 13.2 Å². The molecule has 0 unspecified atom stereocenters. The lowest BCUT2D eigenvalue weighted by Gasteiger charge is -2.42. The van der Waals surface area contributed by atoms with Crippen molar-refractivity contribution in [2.24, 2.45) is 0 Å². The molecule has 0 atom stereocenters. The summed E-state index contributed by atoms with van der Waals surface area (Å²) in [6.07, 6.45) is 6.42. The minimum atomic E-state index is -2.54. The maximum atomic E-state index is 5.86. The first-order chi connectivity index (χ1) is 20.6. The van der Waals surface area contributed by atoms with E-state index in [1.165, 1.54) is 20.7 Å². The van der Waals surface area contributed by atoms with E-state index in [1.807, 2.05) is 24.9 Å². The van der Waals surface area contributed by atoms with Crippen molar-refractivity contribution in [2.75, 3.05) is 13.2 Å². The van der Waals surface area contributed by atoms with Crippen LogP contribution >= 0.6 is 0 Å². The Balaban J connectivity index is 1.78. The van der Waals surface area contributed by atoms with Gasteiger partial charge in [0, 0.05) is 6.17 Å². The maximum absolute atomic E-state index is 5.86. The molecular weight excluding hydrogens is 551 g/mol. The topological polar surface area (TPSA) is 49.2 Å². The van der Waals surface area contributed by atoms with Gasteiger partial charge in [-0.3, -0.25) is 4.68 Å². The summed E-state index contributed by atoms with van der Waals surface area (Å²) in [6, 6.07) is 40.8. The average Bonchev–Trinajstić information content (AvgIpc) is 3.55. The number of hydrogen-bond donors (Lipinski definition) is 0. The van der Waals surface area contributed by atoms with Crippen LogP contribution in [0.2, 0.25) is 11.7 Å². The Morgan fingerprint density at radius 1 is 0.667 bits per heavy atom. The monoisotopic (exact) mass is 589 g/mol. The first kappa shape index (κ1) is 29.3. The second-order valence-corrected chi connectivity index (χ2v) is 19.4. The lowest BCUT2D eigenvalue weighted by atomic mass is 10.3. The Kier molecular flexibility index (Phi) is 9.51. The zero-order valence-electron chi connectivity index (χ0n) is 24.5. The second kappa shape index (κ2) is 13.6. The van der Waals surface area contributed by atoms with E-state index in [-0.39, 0.29) is 0 Å². The molecule has 214 valence electrons. The smallest absolute Gasteiger partial charge is 0.138 e. The fourth-order valence-electron chi connectivity index (χ4n) is 6.23. The molecule has 0 fully saturated rings. The van der Waals surface area contributed by atoms with Crippen molar-refractivity contribution >= 4 is 36.9 Å². The fraction of sp³-hybridized carbons (Fsp3) is 0.200. The van der Waals surface area contributed by atoms with E-state index >= 15 is 0 Å². The van der Waals surface area contributed by atoms with Crippen molar-refractivity contribution in [1.82, 2.24) is 14.8 Å². The molecule has 0 saturated carbocycles. The second-order valence-electron chi connectivity index (χ2n) is 10.6. The molecule has 7 heteroatoms. The Hall–Kier alpha value is -4.21. The lowest BCUT2D eigenvalue weighted by Crippen LogP contribution is -2.71. The normalized spacial score (nSPS) is 11.7. The number of hydrogen-bond acceptors (Lipinski definition) is 4. The van der Waals surface area contributed by atoms with Crippen molar-refractivity contribution in [3.63, 3.8) is 0 Å². The molecule has 0 spiro atoms. The molecule has 4 aromatic carbocycles. The van der Waals surface area contributed by atoms with Crippen molar-refractivity contribution in [1.29, 1.82) is 0 Å². The van der Waals surface area contributed by atoms with Crippen LogP contribution < -0.4 is 30.2 Å². The molecule has 0 aliphatic rings. The van der Waals surface area contributed by atoms with Crippen LogP contribution in [0.1, 0.15) is 13.8 Å². The first-order valence-electron chi connectivity index (χ1n) is 14.6. The predicted molar refractivity (Wildman–Crippen MR) is 178 cm³/mol. The van der Waals surface area contributed by atoms with Gasteiger partial charge in [0.15, 0.2) is 0 Å². The first-order valence-corrected chi connectivity index (χ1v) is 19.5. The molecule has 0 aliphatic carbocycles. The van der Waals surface area contributed by atoms with Gasteiger partial charge in [-0.1, -0.05) is 112 Å². The maximum Gasteiger partial charge on any atom is 0.138 e. The number of ether oxygens (including phenoxy) is 2. The summed E-state index contributed by atoms with van der Waals surface area (Å²) in [4.78, 5) is 4.34. The molecule has 5 rings (SSSR count). The van der Waals surface area contributed by atoms with Crippen LogP contribution in [0.3, 0.4) is 0 Å². The highest BCUT2D eigenvalue weighted by Gasteiger charge is 2.48. The summed E-state index contributed by atoms with van der Waals surface area (Å²) in [5.41, 5.74) is 1.03. The van der Waals surface area contributed by atoms with Gasteiger partial charge in [-0.15, -0.1) is 6.58 Å². The van der Waals surface area contributed by atoms with Crippen LogP contribution in [0, 0.1) is 0 Å². The van der Waals surface area contributed by atoms with Gasteiger partial charge in [-0.05, 0) is 49.8 Å². The van der Waals surface area contributed by atoms with Crippen LogP contribution in [0.15, 0.2) is 135 Å². The molecule has 0 amide bonds. The quantitative estimate of drug-likeness (QED) is 0.137. The van der Waals surface area contributed by atoms with E-state index < -0.39 is 16.1 Å². The average molecular weight is 590 g/mol. The predicted octanol–water partition coefficient (Wildman–Crippen LogP) is 4.87. The van der Waals surface area contributed by atoms with Crippen LogP contribution in [0.4, 0.5) is 0 Å². The summed E-state index contributed by atoms with van der Waals surface area (Å²) in [7, 11) is -5.04. The molecule has 0 saturated heterocycles. The third-order valence-electron chi connectivity index (χ3n) is 8.08. The van der Waals surface area contributed by atoms with Crippen LogP contribution in [-0.4, -0.2) is 44.1 Å². The van der Waals surface area contributed by atoms with Crippen molar-refractivity contribution in [3.8, 4) is 11.5 Å². The van der Waals surface area contributed by atoms with E-state index in [9.17, 15) is 0 Å². The third kappa shape index (κ3) is 6.17. The fourth-order valence-corrected chi connectivity index (χ4v) is 20.6. The largest absolute Gasteiger partial charge is 0.494 e. The number of benzene rings is 4. The molecule has 5 aromatic rings. The summed E-state index contributed by atoms with van der Waals surface area (Å²) < 4.78 is 13.8. The minimum Gasteiger partial charge on any atom is -0.494 e. The van der Waals surface area contributed by atoms with Gasteiger partial charge < -0.3 is 9.47 Å². The van der Waals surface area contributed by atoms with Crippen molar-refractivity contribution in [3.05, 3.63) is 135 Å². The minimum absolute atomic E-state index is 0.642.